The fraction of sp³-hybridized carbons (Fsp3) is 0.381. The molecule has 0 aliphatic heterocycles. The first kappa shape index (κ1) is 17.7. The molecule has 3 heterocycles. The van der Waals surface area contributed by atoms with Crippen LogP contribution in [-0.4, -0.2) is 10.9 Å². The van der Waals surface area contributed by atoms with Crippen LogP contribution in [0.1, 0.15) is 62.6 Å². The van der Waals surface area contributed by atoms with Crippen LogP contribution in [0.2, 0.25) is 0 Å². The first-order valence-corrected chi connectivity index (χ1v) is 11.4. The molecule has 0 bridgehead atoms. The number of aromatic nitrogens is 1. The largest absolute Gasteiger partial charge is 0.397 e. The van der Waals surface area contributed by atoms with Crippen LogP contribution < -0.4 is 11.1 Å². The molecule has 7 heteroatoms. The van der Waals surface area contributed by atoms with Gasteiger partial charge in [0, 0.05) is 16.0 Å². The molecule has 3 aromatic heterocycles. The predicted octanol–water partition coefficient (Wildman–Crippen LogP) is 4.82. The van der Waals surface area contributed by atoms with E-state index in [-0.39, 0.29) is 5.91 Å². The van der Waals surface area contributed by atoms with Crippen molar-refractivity contribution in [2.75, 3.05) is 11.1 Å². The number of nitrogens with zero attached hydrogens (tertiary/aromatic N) is 2. The molecular formula is C21H20N4OS2. The zero-order chi connectivity index (χ0) is 19.3. The number of amides is 1. The summed E-state index contributed by atoms with van der Waals surface area (Å²) in [6.07, 6.45) is 8.53. The summed E-state index contributed by atoms with van der Waals surface area (Å²) in [5.74, 6) is -0.242. The number of aryl methyl sites for hydroxylation is 3. The van der Waals surface area contributed by atoms with Gasteiger partial charge >= 0.3 is 0 Å². The number of carbonyl (C=O) groups excluding carboxylic acids is 1. The highest BCUT2D eigenvalue weighted by atomic mass is 32.1. The summed E-state index contributed by atoms with van der Waals surface area (Å²) >= 11 is 2.88. The molecule has 0 spiro atoms. The Balaban J connectivity index is 1.51. The maximum Gasteiger partial charge on any atom is 0.268 e. The second kappa shape index (κ2) is 6.87. The molecule has 0 atom stereocenters. The van der Waals surface area contributed by atoms with Crippen molar-refractivity contribution in [1.29, 1.82) is 5.26 Å². The third kappa shape index (κ3) is 2.79. The minimum Gasteiger partial charge on any atom is -0.397 e. The number of nitrogens with one attached hydrogen (secondary N) is 1. The molecule has 3 aromatic rings. The average Bonchev–Trinajstić information content (AvgIpc) is 3.23. The van der Waals surface area contributed by atoms with E-state index in [1.165, 1.54) is 46.0 Å². The number of nitriles is 1. The molecule has 0 saturated heterocycles. The van der Waals surface area contributed by atoms with Gasteiger partial charge in [0.05, 0.1) is 11.3 Å². The number of anilines is 2. The Morgan fingerprint density at radius 3 is 2.79 bits per heavy atom. The number of pyridine rings is 1. The molecule has 142 valence electrons. The molecule has 1 amide bonds. The monoisotopic (exact) mass is 408 g/mol. The lowest BCUT2D eigenvalue weighted by Crippen LogP contribution is -2.12. The Bertz CT molecular complexity index is 1150. The molecule has 0 unspecified atom stereocenters. The molecule has 0 saturated carbocycles. The minimum absolute atomic E-state index is 0.242. The van der Waals surface area contributed by atoms with E-state index in [2.05, 4.69) is 17.5 Å². The standard InChI is InChI=1S/C21H20N4OS2/c22-10-14-12-6-2-4-8-16(12)27-21(14)25-19(26)18-17(23)13-9-11-5-1-3-7-15(11)24-20(13)28-18/h9H,1-8,23H2,(H,25,26). The van der Waals surface area contributed by atoms with E-state index >= 15 is 0 Å². The van der Waals surface area contributed by atoms with Gasteiger partial charge < -0.3 is 11.1 Å². The van der Waals surface area contributed by atoms with Crippen molar-refractivity contribution in [3.8, 4) is 6.07 Å². The van der Waals surface area contributed by atoms with Gasteiger partial charge in [0.2, 0.25) is 0 Å². The number of nitrogens with two attached hydrogens (primary N) is 1. The van der Waals surface area contributed by atoms with Crippen molar-refractivity contribution in [1.82, 2.24) is 4.98 Å². The van der Waals surface area contributed by atoms with Crippen LogP contribution in [0.3, 0.4) is 0 Å². The van der Waals surface area contributed by atoms with Gasteiger partial charge in [0.25, 0.3) is 5.91 Å². The number of nitrogen functional groups attached to an aromatic ring is 1. The first-order valence-electron chi connectivity index (χ1n) is 9.72. The number of carbonyl (C=O) groups is 1. The number of rotatable bonds is 2. The number of hydrogen-bond donors (Lipinski definition) is 2. The summed E-state index contributed by atoms with van der Waals surface area (Å²) in [6.45, 7) is 0. The van der Waals surface area contributed by atoms with E-state index in [4.69, 9.17) is 10.7 Å². The van der Waals surface area contributed by atoms with Crippen molar-refractivity contribution in [3.05, 3.63) is 38.2 Å². The highest BCUT2D eigenvalue weighted by Crippen LogP contribution is 2.39. The van der Waals surface area contributed by atoms with Gasteiger partial charge in [-0.15, -0.1) is 22.7 Å². The Morgan fingerprint density at radius 2 is 1.93 bits per heavy atom. The Morgan fingerprint density at radius 1 is 1.14 bits per heavy atom. The van der Waals surface area contributed by atoms with Gasteiger partial charge in [-0.1, -0.05) is 0 Å². The van der Waals surface area contributed by atoms with Crippen molar-refractivity contribution in [2.24, 2.45) is 0 Å². The lowest BCUT2D eigenvalue weighted by Gasteiger charge is -2.14. The van der Waals surface area contributed by atoms with Crippen molar-refractivity contribution >= 4 is 49.5 Å². The topological polar surface area (TPSA) is 91.8 Å². The van der Waals surface area contributed by atoms with E-state index in [1.54, 1.807) is 0 Å². The quantitative estimate of drug-likeness (QED) is 0.636. The fourth-order valence-electron chi connectivity index (χ4n) is 4.26. The molecule has 5 rings (SSSR count). The lowest BCUT2D eigenvalue weighted by molar-refractivity contribution is 0.103. The normalized spacial score (nSPS) is 15.7. The fourth-order valence-corrected chi connectivity index (χ4v) is 6.49. The molecule has 5 nitrogen and oxygen atoms in total. The lowest BCUT2D eigenvalue weighted by atomic mass is 9.95. The molecule has 0 aromatic carbocycles. The maximum absolute atomic E-state index is 13.0. The van der Waals surface area contributed by atoms with Crippen LogP contribution in [-0.2, 0) is 25.7 Å². The molecular weight excluding hydrogens is 388 g/mol. The average molecular weight is 409 g/mol. The number of thiophene rings is 2. The summed E-state index contributed by atoms with van der Waals surface area (Å²) in [7, 11) is 0. The van der Waals surface area contributed by atoms with Gasteiger partial charge in [-0.05, 0) is 68.6 Å². The van der Waals surface area contributed by atoms with Gasteiger partial charge in [-0.25, -0.2) is 4.98 Å². The van der Waals surface area contributed by atoms with Crippen LogP contribution in [0, 0.1) is 11.3 Å². The van der Waals surface area contributed by atoms with Crippen LogP contribution in [0.25, 0.3) is 10.2 Å². The molecule has 3 N–H and O–H groups in total. The highest BCUT2D eigenvalue weighted by molar-refractivity contribution is 7.21. The van der Waals surface area contributed by atoms with E-state index in [0.29, 0.717) is 21.1 Å². The number of fused-ring (bicyclic) bond motifs is 3. The van der Waals surface area contributed by atoms with Crippen molar-refractivity contribution in [3.63, 3.8) is 0 Å². The summed E-state index contributed by atoms with van der Waals surface area (Å²) in [5.41, 5.74) is 11.0. The predicted molar refractivity (Wildman–Crippen MR) is 114 cm³/mol. The Kier molecular flexibility index (Phi) is 4.33. The number of hydrogen-bond acceptors (Lipinski definition) is 6. The smallest absolute Gasteiger partial charge is 0.268 e. The molecule has 0 fully saturated rings. The summed E-state index contributed by atoms with van der Waals surface area (Å²) in [4.78, 5) is 20.3. The van der Waals surface area contributed by atoms with Crippen LogP contribution in [0.4, 0.5) is 10.7 Å². The van der Waals surface area contributed by atoms with E-state index in [0.717, 1.165) is 60.0 Å². The van der Waals surface area contributed by atoms with E-state index in [9.17, 15) is 10.1 Å². The molecule has 2 aliphatic carbocycles. The Labute approximate surface area is 171 Å². The van der Waals surface area contributed by atoms with E-state index in [1.807, 2.05) is 0 Å². The second-order valence-corrected chi connectivity index (χ2v) is 9.58. The summed E-state index contributed by atoms with van der Waals surface area (Å²) in [5, 5.41) is 14.1. The van der Waals surface area contributed by atoms with E-state index < -0.39 is 0 Å². The van der Waals surface area contributed by atoms with Gasteiger partial charge in [0.1, 0.15) is 20.8 Å². The minimum atomic E-state index is -0.242. The third-order valence-corrected chi connectivity index (χ3v) is 8.04. The van der Waals surface area contributed by atoms with Crippen molar-refractivity contribution < 1.29 is 4.79 Å². The van der Waals surface area contributed by atoms with Crippen LogP contribution in [0.5, 0.6) is 0 Å². The maximum atomic E-state index is 13.0. The molecule has 28 heavy (non-hydrogen) atoms. The van der Waals surface area contributed by atoms with Gasteiger partial charge in [-0.3, -0.25) is 4.79 Å². The zero-order valence-electron chi connectivity index (χ0n) is 15.4. The molecule has 0 radical (unpaired) electrons. The van der Waals surface area contributed by atoms with Gasteiger partial charge in [-0.2, -0.15) is 5.26 Å². The van der Waals surface area contributed by atoms with Crippen LogP contribution >= 0.6 is 22.7 Å². The van der Waals surface area contributed by atoms with Gasteiger partial charge in [0.15, 0.2) is 0 Å². The van der Waals surface area contributed by atoms with Crippen LogP contribution in [0.15, 0.2) is 6.07 Å². The first-order chi connectivity index (χ1) is 13.7. The SMILES string of the molecule is N#Cc1c(NC(=O)c2sc3nc4c(cc3c2N)CCCC4)sc2c1CCCC2. The Hall–Kier alpha value is -2.43. The third-order valence-electron chi connectivity index (χ3n) is 5.72. The second-order valence-electron chi connectivity index (χ2n) is 7.48. The summed E-state index contributed by atoms with van der Waals surface area (Å²) < 4.78 is 0. The summed E-state index contributed by atoms with van der Waals surface area (Å²) in [6, 6.07) is 4.41. The highest BCUT2D eigenvalue weighted by Gasteiger charge is 2.25. The molecule has 2 aliphatic rings. The zero-order valence-corrected chi connectivity index (χ0v) is 17.1. The van der Waals surface area contributed by atoms with Crippen molar-refractivity contribution in [2.45, 2.75) is 51.4 Å².